The van der Waals surface area contributed by atoms with Crippen LogP contribution >= 0.6 is 59.2 Å². The molecule has 0 spiro atoms. The molecule has 6 fully saturated rings. The molecule has 99 heavy (non-hydrogen) atoms. The number of esters is 2. The zero-order chi connectivity index (χ0) is 70.5. The minimum atomic E-state index is -0.136. The number of nitrogens with one attached hydrogen (secondary N) is 1. The van der Waals surface area contributed by atoms with Gasteiger partial charge in [-0.05, 0) is 160 Å². The molecule has 12 rings (SSSR count). The molecule has 6 aromatic rings. The number of nitrogens with zero attached hydrogens (tertiary/aromatic N) is 14. The molecule has 0 saturated carbocycles. The third-order valence-electron chi connectivity index (χ3n) is 20.6. The Morgan fingerprint density at radius 1 is 0.596 bits per heavy atom. The molecule has 6 aliphatic rings. The van der Waals surface area contributed by atoms with Crippen molar-refractivity contribution in [1.29, 1.82) is 0 Å². The van der Waals surface area contributed by atoms with Gasteiger partial charge < -0.3 is 38.4 Å². The van der Waals surface area contributed by atoms with Crippen molar-refractivity contribution >= 4 is 122 Å². The molecular weight excluding hydrogens is 1420 g/mol. The minimum absolute atomic E-state index is 0.00500. The summed E-state index contributed by atoms with van der Waals surface area (Å²) in [4.78, 5) is 59.4. The molecule has 5 unspecified atom stereocenters. The van der Waals surface area contributed by atoms with Gasteiger partial charge in [-0.3, -0.25) is 14.7 Å². The van der Waals surface area contributed by atoms with Crippen molar-refractivity contribution in [2.45, 2.75) is 253 Å². The van der Waals surface area contributed by atoms with Crippen LogP contribution in [0.4, 0.5) is 17.5 Å². The summed E-state index contributed by atoms with van der Waals surface area (Å²) < 4.78 is 36.0. The molecule has 550 valence electrons. The van der Waals surface area contributed by atoms with Crippen LogP contribution in [-0.2, 0) is 33.3 Å². The number of aromatic amines is 1. The average molecular weight is 1540 g/mol. The van der Waals surface area contributed by atoms with E-state index in [-0.39, 0.29) is 30.6 Å². The summed E-state index contributed by atoms with van der Waals surface area (Å²) in [7, 11) is 0. The molecule has 5 atom stereocenters. The van der Waals surface area contributed by atoms with Gasteiger partial charge in [0.1, 0.15) is 49.9 Å². The second-order valence-corrected chi connectivity index (χ2v) is 33.1. The van der Waals surface area contributed by atoms with Crippen LogP contribution in [0.15, 0.2) is 23.6 Å². The largest absolute Gasteiger partial charge is 0.465 e. The predicted molar refractivity (Wildman–Crippen MR) is 411 cm³/mol. The van der Waals surface area contributed by atoms with Crippen molar-refractivity contribution < 1.29 is 33.3 Å². The molecule has 0 radical (unpaired) electrons. The van der Waals surface area contributed by atoms with E-state index in [0.29, 0.717) is 70.3 Å². The number of carbonyl (C=O) groups excluding carboxylic acids is 2. The van der Waals surface area contributed by atoms with Gasteiger partial charge in [-0.15, -0.1) is 11.8 Å². The van der Waals surface area contributed by atoms with Gasteiger partial charge in [-0.1, -0.05) is 120 Å². The molecule has 26 heteroatoms. The SMILES string of the molecule is CC1(C)CCN(c2cnc3c(=S)[nH]n(C4CCCCO4)c3n2)CC1.CC1(C)CCN(c2cnc3c(I)nn(C4CCCCO4)c3n2)CC1.CCCCC(CC)COC(=O)CCS.CCCCC(CC)COC(=O)CCSc1nn(C2CCCCO2)c2nc(N3CCC(C)(C)CC3)cnc12. The maximum absolute atomic E-state index is 12.4. The number of piperidine rings is 3. The lowest BCUT2D eigenvalue weighted by Gasteiger charge is -2.37. The molecule has 1 N–H and O–H groups in total. The van der Waals surface area contributed by atoms with Crippen LogP contribution < -0.4 is 14.7 Å². The van der Waals surface area contributed by atoms with Crippen LogP contribution in [0.25, 0.3) is 33.5 Å². The number of thiol groups is 1. The molecule has 6 saturated heterocycles. The van der Waals surface area contributed by atoms with E-state index in [1.165, 1.54) is 70.6 Å². The number of fused-ring (bicyclic) bond motifs is 3. The van der Waals surface area contributed by atoms with Gasteiger partial charge in [-0.2, -0.15) is 22.8 Å². The lowest BCUT2D eigenvalue weighted by Crippen LogP contribution is -2.37. The zero-order valence-corrected chi connectivity index (χ0v) is 65.9. The Morgan fingerprint density at radius 3 is 1.44 bits per heavy atom. The van der Waals surface area contributed by atoms with Crippen molar-refractivity contribution in [1.82, 2.24) is 59.2 Å². The standard InChI is InChI=1S/C28H45N5O3S.C17H24IN5O.C17H25N5OS.C11H22O2S/c1-5-7-10-21(6-2)20-36-24(34)12-18-37-27-25-26(33(31-27)23-11-8-9-17-35-23)30-22(19-29-25)32-15-13-28(3,4)14-16-32;1-17(2)6-8-22(9-7-17)12-11-19-14-15(18)21-23(16(14)20-12)13-5-3-4-10-24-13;1-17(2)6-8-21(9-7-17)12-11-18-14-15(19-12)22(20-16(14)24)13-5-3-4-10-23-13;1-3-5-6-10(4-2)9-13-11(12)7-8-14/h19,21,23H,5-18,20H2,1-4H3;11,13H,3-10H2,1-2H3;11,13H,3-10H2,1-2H3,(H,20,24);10,14H,3-9H2,1-2H3. The first-order valence-corrected chi connectivity index (χ1v) is 40.6. The smallest absolute Gasteiger partial charge is 0.306 e. The molecular formula is C73H116IN15O7S3. The van der Waals surface area contributed by atoms with E-state index >= 15 is 0 Å². The van der Waals surface area contributed by atoms with Gasteiger partial charge in [0.05, 0.1) is 44.6 Å². The number of rotatable bonds is 24. The fourth-order valence-corrected chi connectivity index (χ4v) is 15.2. The quantitative estimate of drug-likeness (QED) is 0.0189. The Hall–Kier alpha value is -4.48. The molecule has 0 aliphatic carbocycles. The number of anilines is 3. The summed E-state index contributed by atoms with van der Waals surface area (Å²) in [6, 6.07) is 0. The first-order chi connectivity index (χ1) is 47.7. The van der Waals surface area contributed by atoms with Crippen molar-refractivity contribution in [3.05, 3.63) is 26.9 Å². The van der Waals surface area contributed by atoms with Gasteiger partial charge in [0.15, 0.2) is 33.1 Å². The van der Waals surface area contributed by atoms with Gasteiger partial charge in [0, 0.05) is 70.6 Å². The minimum Gasteiger partial charge on any atom is -0.465 e. The fourth-order valence-electron chi connectivity index (χ4n) is 13.3. The van der Waals surface area contributed by atoms with Crippen molar-refractivity contribution in [2.24, 2.45) is 28.1 Å². The van der Waals surface area contributed by atoms with Crippen molar-refractivity contribution in [2.75, 3.05) is 98.5 Å². The van der Waals surface area contributed by atoms with E-state index in [9.17, 15) is 9.59 Å². The molecule has 22 nitrogen and oxygen atoms in total. The topological polar surface area (TPSA) is 224 Å². The lowest BCUT2D eigenvalue weighted by molar-refractivity contribution is -0.145. The number of halogens is 1. The Kier molecular flexibility index (Phi) is 30.5. The zero-order valence-electron chi connectivity index (χ0n) is 61.2. The van der Waals surface area contributed by atoms with E-state index < -0.39 is 0 Å². The van der Waals surface area contributed by atoms with E-state index in [1.807, 2.05) is 32.6 Å². The third-order valence-corrected chi connectivity index (χ3v) is 22.8. The second-order valence-electron chi connectivity index (χ2n) is 30.2. The third kappa shape index (κ3) is 22.8. The molecule has 0 amide bonds. The highest BCUT2D eigenvalue weighted by molar-refractivity contribution is 14.1. The monoisotopic (exact) mass is 1540 g/mol. The first kappa shape index (κ1) is 78.7. The number of ether oxygens (including phenoxy) is 5. The Morgan fingerprint density at radius 2 is 1.01 bits per heavy atom. The Labute approximate surface area is 617 Å². The van der Waals surface area contributed by atoms with E-state index in [2.05, 4.69) is 139 Å². The van der Waals surface area contributed by atoms with Crippen LogP contribution in [-0.4, -0.2) is 155 Å². The number of hydrogen-bond acceptors (Lipinski definition) is 21. The van der Waals surface area contributed by atoms with Crippen LogP contribution in [0.3, 0.4) is 0 Å². The van der Waals surface area contributed by atoms with Crippen LogP contribution in [0.5, 0.6) is 0 Å². The number of hydrogen-bond donors (Lipinski definition) is 2. The summed E-state index contributed by atoms with van der Waals surface area (Å²) in [5.74, 6) is 4.74. The molecule has 6 aliphatic heterocycles. The summed E-state index contributed by atoms with van der Waals surface area (Å²) in [5, 5.41) is 13.6. The molecule has 0 aromatic carbocycles. The number of thioether (sulfide) groups is 1. The Balaban J connectivity index is 0.000000162. The highest BCUT2D eigenvalue weighted by Gasteiger charge is 2.32. The van der Waals surface area contributed by atoms with E-state index in [0.717, 1.165) is 196 Å². The fraction of sp³-hybridized carbons (Fsp3) is 0.767. The summed E-state index contributed by atoms with van der Waals surface area (Å²) >= 11 is 13.2. The number of unbranched alkanes of at least 4 members (excludes halogenated alkanes) is 2. The van der Waals surface area contributed by atoms with E-state index in [1.54, 1.807) is 11.8 Å². The van der Waals surface area contributed by atoms with Gasteiger partial charge in [-0.25, -0.2) is 43.9 Å². The summed E-state index contributed by atoms with van der Waals surface area (Å²) in [6.07, 6.45) is 32.2. The van der Waals surface area contributed by atoms with Crippen molar-refractivity contribution in [3.8, 4) is 0 Å². The highest BCUT2D eigenvalue weighted by atomic mass is 127. The number of H-pyrrole nitrogens is 1. The maximum atomic E-state index is 12.4. The molecule has 0 bridgehead atoms. The number of carbonyl (C=O) groups is 2. The average Bonchev–Trinajstić information content (AvgIpc) is 1.67. The van der Waals surface area contributed by atoms with Gasteiger partial charge in [0.25, 0.3) is 0 Å². The van der Waals surface area contributed by atoms with Crippen LogP contribution in [0.2, 0.25) is 0 Å². The lowest BCUT2D eigenvalue weighted by atomic mass is 9.83. The maximum Gasteiger partial charge on any atom is 0.306 e. The predicted octanol–water partition coefficient (Wildman–Crippen LogP) is 17.0. The van der Waals surface area contributed by atoms with Crippen LogP contribution in [0.1, 0.15) is 248 Å². The molecule has 12 heterocycles. The van der Waals surface area contributed by atoms with E-state index in [4.69, 9.17) is 60.9 Å². The number of aromatic nitrogens is 12. The van der Waals surface area contributed by atoms with Gasteiger partial charge >= 0.3 is 11.9 Å². The van der Waals surface area contributed by atoms with Crippen LogP contribution in [0, 0.1) is 36.4 Å². The summed E-state index contributed by atoms with van der Waals surface area (Å²) in [5.41, 5.74) is 6.12. The van der Waals surface area contributed by atoms with Gasteiger partial charge in [0.2, 0.25) is 0 Å². The highest BCUT2D eigenvalue weighted by Crippen LogP contribution is 2.38. The Bertz CT molecular complexity index is 3510. The van der Waals surface area contributed by atoms with Crippen molar-refractivity contribution in [3.63, 3.8) is 0 Å². The first-order valence-electron chi connectivity index (χ1n) is 37.5. The molecule has 6 aromatic heterocycles. The second kappa shape index (κ2) is 38.3. The summed E-state index contributed by atoms with van der Waals surface area (Å²) in [6.45, 7) is 32.3. The normalized spacial score (nSPS) is 21.4.